The minimum absolute atomic E-state index is 0.346. The van der Waals surface area contributed by atoms with Crippen molar-refractivity contribution in [3.05, 3.63) is 29.8 Å². The zero-order valence-electron chi connectivity index (χ0n) is 10.8. The van der Waals surface area contributed by atoms with Crippen LogP contribution in [0.1, 0.15) is 23.7 Å². The first-order chi connectivity index (χ1) is 9.24. The number of nitrogens with zero attached hydrogens (tertiary/aromatic N) is 7. The molecule has 3 heterocycles. The molecule has 1 atom stereocenters. The van der Waals surface area contributed by atoms with Crippen LogP contribution in [0.5, 0.6) is 0 Å². The minimum Gasteiger partial charge on any atom is -0.295 e. The Hall–Kier alpha value is -2.20. The van der Waals surface area contributed by atoms with Gasteiger partial charge in [-0.1, -0.05) is 5.21 Å². The van der Waals surface area contributed by atoms with E-state index in [1.165, 1.54) is 0 Å². The van der Waals surface area contributed by atoms with E-state index in [1.807, 2.05) is 24.1 Å². The molecule has 19 heavy (non-hydrogen) atoms. The van der Waals surface area contributed by atoms with Crippen LogP contribution in [0.3, 0.4) is 0 Å². The van der Waals surface area contributed by atoms with Crippen molar-refractivity contribution >= 4 is 0 Å². The molecule has 2 aromatic heterocycles. The highest BCUT2D eigenvalue weighted by molar-refractivity contribution is 5.22. The van der Waals surface area contributed by atoms with Gasteiger partial charge in [-0.15, -0.1) is 5.10 Å². The second kappa shape index (κ2) is 4.82. The molecule has 1 saturated heterocycles. The lowest BCUT2D eigenvalue weighted by Gasteiger charge is -2.14. The molecule has 0 radical (unpaired) electrons. The average Bonchev–Trinajstić information content (AvgIpc) is 3.10. The lowest BCUT2D eigenvalue weighted by Crippen LogP contribution is -2.21. The third-order valence-corrected chi connectivity index (χ3v) is 3.39. The summed E-state index contributed by atoms with van der Waals surface area (Å²) in [7, 11) is 1.87. The minimum atomic E-state index is 0.346. The first-order valence-electron chi connectivity index (χ1n) is 6.26. The fourth-order valence-electron chi connectivity index (χ4n) is 2.46. The van der Waals surface area contributed by atoms with Crippen molar-refractivity contribution in [1.29, 1.82) is 5.26 Å². The molecule has 1 aliphatic rings. The Morgan fingerprint density at radius 3 is 3.05 bits per heavy atom. The second-order valence-electron chi connectivity index (χ2n) is 4.88. The van der Waals surface area contributed by atoms with E-state index in [4.69, 9.17) is 5.26 Å². The summed E-state index contributed by atoms with van der Waals surface area (Å²) in [5.74, 6) is 0. The summed E-state index contributed by atoms with van der Waals surface area (Å²) in [5.41, 5.74) is 1.61. The quantitative estimate of drug-likeness (QED) is 0.792. The van der Waals surface area contributed by atoms with Crippen molar-refractivity contribution in [2.75, 3.05) is 13.1 Å². The summed E-state index contributed by atoms with van der Waals surface area (Å²) in [4.78, 5) is 2.34. The van der Waals surface area contributed by atoms with Gasteiger partial charge in [0.25, 0.3) is 0 Å². The molecule has 0 aromatic carbocycles. The second-order valence-corrected chi connectivity index (χ2v) is 4.88. The summed E-state index contributed by atoms with van der Waals surface area (Å²) in [6, 6.07) is 2.45. The molecule has 0 amide bonds. The molecule has 0 N–H and O–H groups in total. The fraction of sp³-hybridized carbons (Fsp3) is 0.500. The van der Waals surface area contributed by atoms with Crippen molar-refractivity contribution < 1.29 is 0 Å². The van der Waals surface area contributed by atoms with E-state index in [2.05, 4.69) is 26.4 Å². The molecule has 3 rings (SSSR count). The van der Waals surface area contributed by atoms with Gasteiger partial charge in [0, 0.05) is 39.1 Å². The molecule has 0 saturated carbocycles. The normalized spacial score (nSPS) is 19.7. The molecule has 1 fully saturated rings. The van der Waals surface area contributed by atoms with E-state index >= 15 is 0 Å². The number of aryl methyl sites for hydroxylation is 1. The van der Waals surface area contributed by atoms with Gasteiger partial charge in [0.05, 0.1) is 23.5 Å². The van der Waals surface area contributed by atoms with Crippen LogP contribution < -0.4 is 0 Å². The van der Waals surface area contributed by atoms with Gasteiger partial charge in [-0.2, -0.15) is 10.4 Å². The van der Waals surface area contributed by atoms with Crippen LogP contribution in [0.25, 0.3) is 0 Å². The Balaban J connectivity index is 1.62. The molecule has 1 aliphatic heterocycles. The maximum atomic E-state index is 8.81. The summed E-state index contributed by atoms with van der Waals surface area (Å²) in [6.45, 7) is 2.77. The van der Waals surface area contributed by atoms with Gasteiger partial charge < -0.3 is 0 Å². The zero-order valence-corrected chi connectivity index (χ0v) is 10.8. The molecule has 98 valence electrons. The summed E-state index contributed by atoms with van der Waals surface area (Å²) < 4.78 is 3.62. The van der Waals surface area contributed by atoms with E-state index < -0.39 is 0 Å². The third kappa shape index (κ3) is 2.48. The predicted octanol–water partition coefficient (Wildman–Crippen LogP) is 0.330. The van der Waals surface area contributed by atoms with Crippen LogP contribution >= 0.6 is 0 Å². The topological polar surface area (TPSA) is 75.6 Å². The van der Waals surface area contributed by atoms with Crippen LogP contribution in [0.2, 0.25) is 0 Å². The maximum absolute atomic E-state index is 8.81. The lowest BCUT2D eigenvalue weighted by molar-refractivity contribution is 0.308. The Kier molecular flexibility index (Phi) is 3.01. The summed E-state index contributed by atoms with van der Waals surface area (Å²) in [5, 5.41) is 21.1. The van der Waals surface area contributed by atoms with E-state index in [0.29, 0.717) is 11.6 Å². The molecule has 0 aliphatic carbocycles. The first-order valence-corrected chi connectivity index (χ1v) is 6.26. The monoisotopic (exact) mass is 257 g/mol. The highest BCUT2D eigenvalue weighted by Crippen LogP contribution is 2.22. The molecule has 0 spiro atoms. The van der Waals surface area contributed by atoms with Gasteiger partial charge in [0.1, 0.15) is 6.07 Å². The van der Waals surface area contributed by atoms with Crippen molar-refractivity contribution in [2.45, 2.75) is 19.0 Å². The molecule has 7 nitrogen and oxygen atoms in total. The van der Waals surface area contributed by atoms with Crippen LogP contribution in [-0.4, -0.2) is 42.8 Å². The van der Waals surface area contributed by atoms with E-state index in [9.17, 15) is 0 Å². The number of rotatable bonds is 3. The van der Waals surface area contributed by atoms with E-state index in [-0.39, 0.29) is 0 Å². The fourth-order valence-corrected chi connectivity index (χ4v) is 2.46. The lowest BCUT2D eigenvalue weighted by atomic mass is 10.3. The van der Waals surface area contributed by atoms with Gasteiger partial charge in [-0.3, -0.25) is 14.3 Å². The summed E-state index contributed by atoms with van der Waals surface area (Å²) >= 11 is 0. The number of hydrogen-bond donors (Lipinski definition) is 0. The first kappa shape index (κ1) is 11.9. The van der Waals surface area contributed by atoms with Gasteiger partial charge >= 0.3 is 0 Å². The van der Waals surface area contributed by atoms with Crippen LogP contribution in [0, 0.1) is 11.3 Å². The van der Waals surface area contributed by atoms with Gasteiger partial charge in [0.15, 0.2) is 0 Å². The summed E-state index contributed by atoms with van der Waals surface area (Å²) in [6.07, 6.45) is 6.42. The number of hydrogen-bond acceptors (Lipinski definition) is 5. The van der Waals surface area contributed by atoms with E-state index in [0.717, 1.165) is 31.7 Å². The Labute approximate surface area is 111 Å². The van der Waals surface area contributed by atoms with Crippen LogP contribution in [0.15, 0.2) is 18.6 Å². The van der Waals surface area contributed by atoms with Gasteiger partial charge in [-0.05, 0) is 6.42 Å². The Morgan fingerprint density at radius 1 is 1.47 bits per heavy atom. The molecular weight excluding hydrogens is 242 g/mol. The number of aromatic nitrogens is 5. The molecule has 0 bridgehead atoms. The maximum Gasteiger partial charge on any atom is 0.102 e. The van der Waals surface area contributed by atoms with Crippen molar-refractivity contribution in [3.8, 4) is 6.07 Å². The number of nitriles is 1. The molecule has 2 aromatic rings. The zero-order chi connectivity index (χ0) is 13.2. The molecule has 1 unspecified atom stereocenters. The van der Waals surface area contributed by atoms with Crippen molar-refractivity contribution in [3.63, 3.8) is 0 Å². The highest BCUT2D eigenvalue weighted by atomic mass is 15.4. The van der Waals surface area contributed by atoms with Crippen molar-refractivity contribution in [2.24, 2.45) is 7.05 Å². The largest absolute Gasteiger partial charge is 0.295 e. The van der Waals surface area contributed by atoms with Gasteiger partial charge in [0.2, 0.25) is 0 Å². The standard InChI is InChI=1S/C12H15N7/c1-17-7-11(15-16-17)8-18-3-2-12(9-18)19-6-10(4-13)5-14-19/h5-7,12H,2-3,8-9H2,1H3. The van der Waals surface area contributed by atoms with Crippen molar-refractivity contribution in [1.82, 2.24) is 29.7 Å². The van der Waals surface area contributed by atoms with Gasteiger partial charge in [-0.25, -0.2) is 0 Å². The van der Waals surface area contributed by atoms with Crippen LogP contribution in [0.4, 0.5) is 0 Å². The highest BCUT2D eigenvalue weighted by Gasteiger charge is 2.25. The predicted molar refractivity (Wildman–Crippen MR) is 66.9 cm³/mol. The van der Waals surface area contributed by atoms with Crippen LogP contribution in [-0.2, 0) is 13.6 Å². The third-order valence-electron chi connectivity index (χ3n) is 3.39. The molecular formula is C12H15N7. The molecule has 7 heteroatoms. The number of likely N-dealkylation sites (tertiary alicyclic amines) is 1. The Bertz CT molecular complexity index is 606. The average molecular weight is 257 g/mol. The van der Waals surface area contributed by atoms with E-state index in [1.54, 1.807) is 10.9 Å². The Morgan fingerprint density at radius 2 is 2.37 bits per heavy atom. The SMILES string of the molecule is Cn1cc(CN2CCC(n3cc(C#N)cn3)C2)nn1. The smallest absolute Gasteiger partial charge is 0.102 e.